The molecule has 4 N–H and O–H groups in total. The van der Waals surface area contributed by atoms with Gasteiger partial charge in [-0.05, 0) is 82.0 Å². The lowest BCUT2D eigenvalue weighted by Crippen LogP contribution is -2.62. The second-order valence-corrected chi connectivity index (χ2v) is 12.4. The highest BCUT2D eigenvalue weighted by Crippen LogP contribution is 2.33. The molecule has 0 unspecified atom stereocenters. The highest BCUT2D eigenvalue weighted by molar-refractivity contribution is 6.02. The molecule has 0 atom stereocenters. The molecule has 1 saturated heterocycles. The molecule has 1 heterocycles. The number of anilines is 2. The van der Waals surface area contributed by atoms with Crippen LogP contribution < -0.4 is 26.0 Å². The third kappa shape index (κ3) is 8.02. The number of hydrogen-bond donors (Lipinski definition) is 4. The van der Waals surface area contributed by atoms with E-state index in [0.717, 1.165) is 24.0 Å². The predicted molar refractivity (Wildman–Crippen MR) is 173 cm³/mol. The summed E-state index contributed by atoms with van der Waals surface area (Å²) < 4.78 is 6.66. The van der Waals surface area contributed by atoms with Crippen LogP contribution in [0.3, 0.4) is 0 Å². The van der Waals surface area contributed by atoms with Gasteiger partial charge in [0, 0.05) is 28.5 Å². The van der Waals surface area contributed by atoms with Gasteiger partial charge < -0.3 is 26.0 Å². The number of ether oxygens (including phenoxy) is 1. The van der Waals surface area contributed by atoms with Crippen LogP contribution in [-0.4, -0.2) is 29.1 Å². The summed E-state index contributed by atoms with van der Waals surface area (Å²) in [5.74, 6) is 0.178. The van der Waals surface area contributed by atoms with Crippen LogP contribution in [0.4, 0.5) is 16.2 Å². The Bertz CT molecular complexity index is 1480. The molecular weight excluding hydrogens is 536 g/mol. The summed E-state index contributed by atoms with van der Waals surface area (Å²) in [4.78, 5) is 26.8. The minimum atomic E-state index is -0.439. The van der Waals surface area contributed by atoms with Crippen LogP contribution in [-0.2, 0) is 0 Å². The molecule has 4 aromatic rings. The molecule has 1 fully saturated rings. The van der Waals surface area contributed by atoms with Gasteiger partial charge in [-0.25, -0.2) is 4.79 Å². The Balaban J connectivity index is 1.46. The first-order chi connectivity index (χ1) is 20.6. The quantitative estimate of drug-likeness (QED) is 0.174. The largest absolute Gasteiger partial charge is 0.480 e. The zero-order valence-electron chi connectivity index (χ0n) is 25.2. The van der Waals surface area contributed by atoms with Crippen LogP contribution >= 0.6 is 0 Å². The highest BCUT2D eigenvalue weighted by atomic mass is 16.5. The molecule has 43 heavy (non-hydrogen) atoms. The van der Waals surface area contributed by atoms with Crippen molar-refractivity contribution in [2.45, 2.75) is 63.8 Å². The topological polar surface area (TPSA) is 91.5 Å². The van der Waals surface area contributed by atoms with Crippen molar-refractivity contribution < 1.29 is 14.3 Å². The molecule has 1 aliphatic heterocycles. The SMILES string of the molecule is CC1(C)CC(NC(=O)c2cc(NC(=O)Nc3ccccc3)ccc2OC(c2ccccc2)c2ccccc2)CC(C)(C)N1. The van der Waals surface area contributed by atoms with Gasteiger partial charge in [-0.3, -0.25) is 4.79 Å². The summed E-state index contributed by atoms with van der Waals surface area (Å²) >= 11 is 0. The first-order valence-corrected chi connectivity index (χ1v) is 14.7. The van der Waals surface area contributed by atoms with Crippen molar-refractivity contribution >= 4 is 23.3 Å². The average Bonchev–Trinajstić information content (AvgIpc) is 2.96. The van der Waals surface area contributed by atoms with Gasteiger partial charge in [0.1, 0.15) is 11.9 Å². The lowest BCUT2D eigenvalue weighted by molar-refractivity contribution is 0.0867. The van der Waals surface area contributed by atoms with Crippen LogP contribution in [0.15, 0.2) is 109 Å². The van der Waals surface area contributed by atoms with E-state index >= 15 is 0 Å². The van der Waals surface area contributed by atoms with Crippen molar-refractivity contribution in [1.82, 2.24) is 10.6 Å². The van der Waals surface area contributed by atoms with Gasteiger partial charge in [0.25, 0.3) is 5.91 Å². The fourth-order valence-corrected chi connectivity index (χ4v) is 6.10. The van der Waals surface area contributed by atoms with Gasteiger partial charge in [0.2, 0.25) is 0 Å². The molecule has 7 nitrogen and oxygen atoms in total. The lowest BCUT2D eigenvalue weighted by atomic mass is 9.79. The van der Waals surface area contributed by atoms with Gasteiger partial charge in [-0.15, -0.1) is 0 Å². The number of hydrogen-bond acceptors (Lipinski definition) is 4. The van der Waals surface area contributed by atoms with Crippen molar-refractivity contribution in [2.75, 3.05) is 10.6 Å². The summed E-state index contributed by atoms with van der Waals surface area (Å²) in [7, 11) is 0. The maximum Gasteiger partial charge on any atom is 0.323 e. The Labute approximate surface area is 254 Å². The maximum atomic E-state index is 14.0. The van der Waals surface area contributed by atoms with Crippen molar-refractivity contribution in [1.29, 1.82) is 0 Å². The monoisotopic (exact) mass is 576 g/mol. The number of urea groups is 1. The van der Waals surface area contributed by atoms with E-state index in [4.69, 9.17) is 4.74 Å². The van der Waals surface area contributed by atoms with Crippen LogP contribution in [0.2, 0.25) is 0 Å². The molecule has 5 rings (SSSR count). The van der Waals surface area contributed by atoms with Gasteiger partial charge in [0.15, 0.2) is 0 Å². The Morgan fingerprint density at radius 3 is 1.79 bits per heavy atom. The van der Waals surface area contributed by atoms with Crippen LogP contribution in [0, 0.1) is 0 Å². The molecule has 0 spiro atoms. The predicted octanol–water partition coefficient (Wildman–Crippen LogP) is 7.54. The molecule has 0 aliphatic carbocycles. The fraction of sp³-hybridized carbons (Fsp3) is 0.278. The van der Waals surface area contributed by atoms with E-state index in [2.05, 4.69) is 49.0 Å². The van der Waals surface area contributed by atoms with Crippen molar-refractivity contribution in [3.63, 3.8) is 0 Å². The maximum absolute atomic E-state index is 14.0. The number of para-hydroxylation sites is 1. The van der Waals surface area contributed by atoms with Crippen LogP contribution in [0.1, 0.15) is 68.1 Å². The number of nitrogens with one attached hydrogen (secondary N) is 4. The van der Waals surface area contributed by atoms with E-state index < -0.39 is 12.1 Å². The van der Waals surface area contributed by atoms with E-state index in [1.807, 2.05) is 91.0 Å². The summed E-state index contributed by atoms with van der Waals surface area (Å²) in [6, 6.07) is 33.8. The Hall–Kier alpha value is -4.62. The van der Waals surface area contributed by atoms with Gasteiger partial charge in [-0.1, -0.05) is 78.9 Å². The third-order valence-electron chi connectivity index (χ3n) is 7.49. The minimum Gasteiger partial charge on any atom is -0.480 e. The second-order valence-electron chi connectivity index (χ2n) is 12.4. The number of carbonyl (C=O) groups is 2. The summed E-state index contributed by atoms with van der Waals surface area (Å²) in [6.07, 6.45) is 1.13. The Morgan fingerprint density at radius 2 is 1.23 bits per heavy atom. The minimum absolute atomic E-state index is 0.0383. The molecular formula is C36H40N4O3. The number of carbonyl (C=O) groups excluding carboxylic acids is 2. The van der Waals surface area contributed by atoms with E-state index in [0.29, 0.717) is 22.7 Å². The second kappa shape index (κ2) is 12.7. The normalized spacial score (nSPS) is 15.8. The van der Waals surface area contributed by atoms with E-state index in [9.17, 15) is 9.59 Å². The Morgan fingerprint density at radius 1 is 0.721 bits per heavy atom. The zero-order chi connectivity index (χ0) is 30.5. The zero-order valence-corrected chi connectivity index (χ0v) is 25.2. The first kappa shape index (κ1) is 29.9. The number of piperidine rings is 1. The summed E-state index contributed by atoms with van der Waals surface area (Å²) in [6.45, 7) is 8.62. The average molecular weight is 577 g/mol. The third-order valence-corrected chi connectivity index (χ3v) is 7.49. The molecule has 0 radical (unpaired) electrons. The van der Waals surface area contributed by atoms with E-state index in [1.54, 1.807) is 18.2 Å². The fourth-order valence-electron chi connectivity index (χ4n) is 6.10. The smallest absolute Gasteiger partial charge is 0.323 e. The van der Waals surface area contributed by atoms with Crippen molar-refractivity contribution in [2.24, 2.45) is 0 Å². The molecule has 3 amide bonds. The molecule has 0 bridgehead atoms. The molecule has 7 heteroatoms. The summed E-state index contributed by atoms with van der Waals surface area (Å²) in [5, 5.41) is 12.6. The van der Waals surface area contributed by atoms with Gasteiger partial charge >= 0.3 is 6.03 Å². The van der Waals surface area contributed by atoms with Crippen LogP contribution in [0.25, 0.3) is 0 Å². The van der Waals surface area contributed by atoms with E-state index in [1.165, 1.54) is 0 Å². The number of amides is 3. The Kier molecular flexibility index (Phi) is 8.83. The van der Waals surface area contributed by atoms with Crippen molar-refractivity contribution in [3.8, 4) is 5.75 Å². The van der Waals surface area contributed by atoms with Crippen molar-refractivity contribution in [3.05, 3.63) is 126 Å². The van der Waals surface area contributed by atoms with Crippen LogP contribution in [0.5, 0.6) is 5.75 Å². The highest BCUT2D eigenvalue weighted by Gasteiger charge is 2.38. The summed E-state index contributed by atoms with van der Waals surface area (Å²) in [5.41, 5.74) is 3.16. The molecule has 4 aromatic carbocycles. The van der Waals surface area contributed by atoms with Gasteiger partial charge in [-0.2, -0.15) is 0 Å². The molecule has 1 aliphatic rings. The molecule has 222 valence electrons. The van der Waals surface area contributed by atoms with Gasteiger partial charge in [0.05, 0.1) is 5.56 Å². The first-order valence-electron chi connectivity index (χ1n) is 14.7. The lowest BCUT2D eigenvalue weighted by Gasteiger charge is -2.46. The molecule has 0 saturated carbocycles. The van der Waals surface area contributed by atoms with E-state index in [-0.39, 0.29) is 23.0 Å². The number of rotatable bonds is 8. The number of benzene rings is 4. The molecule has 0 aromatic heterocycles. The standard InChI is InChI=1S/C36H40N4O3/c1-35(2)23-29(24-36(3,4)40-35)37-33(41)30-22-28(39-34(42)38-27-18-12-7-13-19-27)20-21-31(30)43-32(25-14-8-5-9-15-25)26-16-10-6-11-17-26/h5-22,29,32,40H,23-24H2,1-4H3,(H,37,41)(H2,38,39,42).